The van der Waals surface area contributed by atoms with Gasteiger partial charge in [0.2, 0.25) is 0 Å². The number of amides is 1. The minimum Gasteiger partial charge on any atom is -0.370 e. The quantitative estimate of drug-likeness (QED) is 0.709. The van der Waals surface area contributed by atoms with Crippen molar-refractivity contribution in [1.82, 2.24) is 9.97 Å². The van der Waals surface area contributed by atoms with Crippen LogP contribution < -0.4 is 10.6 Å². The number of benzene rings is 2. The van der Waals surface area contributed by atoms with Crippen molar-refractivity contribution in [2.24, 2.45) is 0 Å². The summed E-state index contributed by atoms with van der Waals surface area (Å²) < 4.78 is 26.6. The van der Waals surface area contributed by atoms with Gasteiger partial charge in [0.05, 0.1) is 5.69 Å². The average Bonchev–Trinajstić information content (AvgIpc) is 2.65. The molecule has 0 fully saturated rings. The number of anilines is 2. The van der Waals surface area contributed by atoms with Gasteiger partial charge in [-0.15, -0.1) is 0 Å². The number of hydrogen-bond acceptors (Lipinski definition) is 4. The number of carbonyl (C=O) groups excluding carboxylic acids is 1. The Kier molecular flexibility index (Phi) is 5.48. The van der Waals surface area contributed by atoms with Gasteiger partial charge >= 0.3 is 0 Å². The second kappa shape index (κ2) is 8.15. The lowest BCUT2D eigenvalue weighted by atomic mass is 10.1. The Morgan fingerprint density at radius 3 is 2.58 bits per heavy atom. The third-order valence-electron chi connectivity index (χ3n) is 3.64. The van der Waals surface area contributed by atoms with Crippen molar-refractivity contribution >= 4 is 17.4 Å². The van der Waals surface area contributed by atoms with Gasteiger partial charge in [0.1, 0.15) is 29.5 Å². The normalized spacial score (nSPS) is 10.4. The molecule has 1 aromatic heterocycles. The molecule has 2 N–H and O–H groups in total. The molecule has 0 radical (unpaired) electrons. The van der Waals surface area contributed by atoms with Crippen molar-refractivity contribution in [1.29, 1.82) is 0 Å². The average molecular weight is 354 g/mol. The number of carbonyl (C=O) groups is 1. The van der Waals surface area contributed by atoms with E-state index >= 15 is 0 Å². The molecule has 0 saturated carbocycles. The molecule has 1 amide bonds. The zero-order valence-electron chi connectivity index (χ0n) is 13.7. The minimum atomic E-state index is -0.853. The zero-order chi connectivity index (χ0) is 18.4. The van der Waals surface area contributed by atoms with Gasteiger partial charge in [-0.2, -0.15) is 0 Å². The molecule has 1 heterocycles. The van der Waals surface area contributed by atoms with Crippen molar-refractivity contribution in [3.63, 3.8) is 0 Å². The highest BCUT2D eigenvalue weighted by Gasteiger charge is 2.12. The van der Waals surface area contributed by atoms with Crippen LogP contribution in [0.2, 0.25) is 0 Å². The SMILES string of the molecule is O=C(Nc1ccc(F)cc1F)c1cc(NCCc2ccccc2)ncn1. The number of nitrogens with one attached hydrogen (secondary N) is 2. The first kappa shape index (κ1) is 17.5. The minimum absolute atomic E-state index is 0.0749. The van der Waals surface area contributed by atoms with Crippen LogP contribution in [0.5, 0.6) is 0 Å². The highest BCUT2D eigenvalue weighted by atomic mass is 19.1. The number of rotatable bonds is 6. The van der Waals surface area contributed by atoms with E-state index in [0.717, 1.165) is 18.6 Å². The third-order valence-corrected chi connectivity index (χ3v) is 3.64. The van der Waals surface area contributed by atoms with Crippen LogP contribution in [0.1, 0.15) is 16.1 Å². The molecule has 0 spiro atoms. The topological polar surface area (TPSA) is 66.9 Å². The van der Waals surface area contributed by atoms with E-state index in [1.807, 2.05) is 30.3 Å². The fraction of sp³-hybridized carbons (Fsp3) is 0.105. The summed E-state index contributed by atoms with van der Waals surface area (Å²) in [6.45, 7) is 0.634. The fourth-order valence-corrected chi connectivity index (χ4v) is 2.33. The molecule has 5 nitrogen and oxygen atoms in total. The fourth-order valence-electron chi connectivity index (χ4n) is 2.33. The molecule has 26 heavy (non-hydrogen) atoms. The van der Waals surface area contributed by atoms with Crippen LogP contribution in [0, 0.1) is 11.6 Å². The van der Waals surface area contributed by atoms with Gasteiger partial charge in [-0.05, 0) is 24.1 Å². The monoisotopic (exact) mass is 354 g/mol. The van der Waals surface area contributed by atoms with Crippen LogP contribution in [-0.2, 0) is 6.42 Å². The smallest absolute Gasteiger partial charge is 0.274 e. The molecule has 3 rings (SSSR count). The second-order valence-electron chi connectivity index (χ2n) is 5.53. The molecule has 0 bridgehead atoms. The van der Waals surface area contributed by atoms with E-state index in [4.69, 9.17) is 0 Å². The summed E-state index contributed by atoms with van der Waals surface area (Å²) >= 11 is 0. The standard InChI is InChI=1S/C19H16F2N4O/c20-14-6-7-16(15(21)10-14)25-19(26)17-11-18(24-12-23-17)22-9-8-13-4-2-1-3-5-13/h1-7,10-12H,8-9H2,(H,25,26)(H,22,23,24). The van der Waals surface area contributed by atoms with Crippen molar-refractivity contribution in [3.8, 4) is 0 Å². The summed E-state index contributed by atoms with van der Waals surface area (Å²) in [6, 6.07) is 14.3. The van der Waals surface area contributed by atoms with E-state index in [2.05, 4.69) is 20.6 Å². The van der Waals surface area contributed by atoms with Crippen LogP contribution in [0.3, 0.4) is 0 Å². The Balaban J connectivity index is 1.61. The first-order valence-corrected chi connectivity index (χ1v) is 7.98. The molecule has 7 heteroatoms. The molecule has 0 aliphatic carbocycles. The Bertz CT molecular complexity index is 903. The van der Waals surface area contributed by atoms with Gasteiger partial charge in [0, 0.05) is 18.7 Å². The van der Waals surface area contributed by atoms with Crippen molar-refractivity contribution in [2.45, 2.75) is 6.42 Å². The highest BCUT2D eigenvalue weighted by Crippen LogP contribution is 2.16. The van der Waals surface area contributed by atoms with E-state index in [-0.39, 0.29) is 11.4 Å². The van der Waals surface area contributed by atoms with E-state index in [1.54, 1.807) is 0 Å². The highest BCUT2D eigenvalue weighted by molar-refractivity contribution is 6.03. The van der Waals surface area contributed by atoms with Gasteiger partial charge in [-0.3, -0.25) is 4.79 Å². The first-order valence-electron chi connectivity index (χ1n) is 7.98. The summed E-state index contributed by atoms with van der Waals surface area (Å²) in [5.41, 5.74) is 1.14. The van der Waals surface area contributed by atoms with Crippen LogP contribution in [-0.4, -0.2) is 22.4 Å². The third kappa shape index (κ3) is 4.60. The van der Waals surface area contributed by atoms with Crippen molar-refractivity contribution in [3.05, 3.63) is 83.8 Å². The van der Waals surface area contributed by atoms with Gasteiger partial charge in [-0.25, -0.2) is 18.7 Å². The van der Waals surface area contributed by atoms with Crippen LogP contribution in [0.15, 0.2) is 60.9 Å². The van der Waals surface area contributed by atoms with E-state index in [0.29, 0.717) is 18.4 Å². The van der Waals surface area contributed by atoms with E-state index in [1.165, 1.54) is 18.0 Å². The van der Waals surface area contributed by atoms with E-state index in [9.17, 15) is 13.6 Å². The largest absolute Gasteiger partial charge is 0.370 e. The molecule has 0 aliphatic heterocycles. The van der Waals surface area contributed by atoms with Crippen LogP contribution in [0.25, 0.3) is 0 Å². The van der Waals surface area contributed by atoms with Gasteiger partial charge in [0.25, 0.3) is 5.91 Å². The Morgan fingerprint density at radius 2 is 1.81 bits per heavy atom. The Hall–Kier alpha value is -3.35. The summed E-state index contributed by atoms with van der Waals surface area (Å²) in [6.07, 6.45) is 2.05. The molecule has 0 aliphatic rings. The predicted molar refractivity (Wildman–Crippen MR) is 95.0 cm³/mol. The maximum Gasteiger partial charge on any atom is 0.274 e. The van der Waals surface area contributed by atoms with Gasteiger partial charge < -0.3 is 10.6 Å². The Morgan fingerprint density at radius 1 is 1.00 bits per heavy atom. The molecular weight excluding hydrogens is 338 g/mol. The molecule has 2 aromatic carbocycles. The number of aromatic nitrogens is 2. The molecule has 3 aromatic rings. The zero-order valence-corrected chi connectivity index (χ0v) is 13.7. The van der Waals surface area contributed by atoms with E-state index < -0.39 is 17.5 Å². The van der Waals surface area contributed by atoms with Crippen LogP contribution >= 0.6 is 0 Å². The predicted octanol–water partition coefficient (Wildman–Crippen LogP) is 3.66. The number of hydrogen-bond donors (Lipinski definition) is 2. The first-order chi connectivity index (χ1) is 12.6. The molecule has 132 valence electrons. The lowest BCUT2D eigenvalue weighted by molar-refractivity contribution is 0.102. The summed E-state index contributed by atoms with van der Waals surface area (Å²) in [4.78, 5) is 20.2. The van der Waals surface area contributed by atoms with Crippen LogP contribution in [0.4, 0.5) is 20.3 Å². The summed E-state index contributed by atoms with van der Waals surface area (Å²) in [5, 5.41) is 5.48. The van der Waals surface area contributed by atoms with Gasteiger partial charge in [-0.1, -0.05) is 30.3 Å². The molecule has 0 unspecified atom stereocenters. The summed E-state index contributed by atoms with van der Waals surface area (Å²) in [7, 11) is 0. The number of halogens is 2. The number of nitrogens with zero attached hydrogens (tertiary/aromatic N) is 2. The molecule has 0 atom stereocenters. The van der Waals surface area contributed by atoms with Crippen molar-refractivity contribution < 1.29 is 13.6 Å². The molecular formula is C19H16F2N4O. The van der Waals surface area contributed by atoms with Crippen molar-refractivity contribution in [2.75, 3.05) is 17.2 Å². The summed E-state index contributed by atoms with van der Waals surface area (Å²) in [5.74, 6) is -1.69. The maximum atomic E-state index is 13.6. The lowest BCUT2D eigenvalue weighted by Crippen LogP contribution is -2.16. The van der Waals surface area contributed by atoms with Gasteiger partial charge in [0.15, 0.2) is 0 Å². The maximum absolute atomic E-state index is 13.6. The lowest BCUT2D eigenvalue weighted by Gasteiger charge is -2.08. The molecule has 0 saturated heterocycles. The second-order valence-corrected chi connectivity index (χ2v) is 5.53. The Labute approximate surface area is 149 Å².